The Hall–Kier alpha value is -2.45. The van der Waals surface area contributed by atoms with Gasteiger partial charge in [-0.2, -0.15) is 5.26 Å². The van der Waals surface area contributed by atoms with Crippen molar-refractivity contribution in [3.05, 3.63) is 53.7 Å². The summed E-state index contributed by atoms with van der Waals surface area (Å²) in [7, 11) is 0. The standard InChI is InChI=1S/C15H10ClFN4/c1-9(16)14-20-12-3-2-6-19-15(12)21(14)13-5-4-10(8-18)7-11(13)17/h2-7,9H,1H3. The molecule has 0 N–H and O–H groups in total. The smallest absolute Gasteiger partial charge is 0.164 e. The molecule has 3 rings (SSSR count). The summed E-state index contributed by atoms with van der Waals surface area (Å²) in [5.74, 6) is -0.00783. The predicted octanol–water partition coefficient (Wildman–Crippen LogP) is 3.73. The molecular weight excluding hydrogens is 291 g/mol. The monoisotopic (exact) mass is 300 g/mol. The van der Waals surface area contributed by atoms with E-state index in [-0.39, 0.29) is 11.3 Å². The fourth-order valence-electron chi connectivity index (χ4n) is 2.19. The van der Waals surface area contributed by atoms with Crippen molar-refractivity contribution in [2.75, 3.05) is 0 Å². The van der Waals surface area contributed by atoms with Crippen LogP contribution in [0.4, 0.5) is 4.39 Å². The third-order valence-corrected chi connectivity index (χ3v) is 3.31. The number of fused-ring (bicyclic) bond motifs is 1. The number of halogens is 2. The van der Waals surface area contributed by atoms with Crippen molar-refractivity contribution in [2.45, 2.75) is 12.3 Å². The van der Waals surface area contributed by atoms with E-state index in [1.165, 1.54) is 12.1 Å². The van der Waals surface area contributed by atoms with Crippen LogP contribution in [0.3, 0.4) is 0 Å². The molecule has 0 amide bonds. The Kier molecular flexibility index (Phi) is 3.32. The van der Waals surface area contributed by atoms with E-state index in [0.29, 0.717) is 17.0 Å². The van der Waals surface area contributed by atoms with Gasteiger partial charge in [0, 0.05) is 6.20 Å². The second kappa shape index (κ2) is 5.15. The van der Waals surface area contributed by atoms with Crippen LogP contribution in [0.5, 0.6) is 0 Å². The molecular formula is C15H10ClFN4. The molecule has 0 saturated heterocycles. The van der Waals surface area contributed by atoms with Crippen LogP contribution >= 0.6 is 11.6 Å². The van der Waals surface area contributed by atoms with Gasteiger partial charge < -0.3 is 0 Å². The minimum atomic E-state index is -0.516. The third-order valence-electron chi connectivity index (χ3n) is 3.12. The molecule has 2 heterocycles. The Morgan fingerprint density at radius 3 is 2.86 bits per heavy atom. The number of imidazole rings is 1. The number of nitriles is 1. The zero-order valence-corrected chi connectivity index (χ0v) is 11.8. The number of rotatable bonds is 2. The zero-order valence-electron chi connectivity index (χ0n) is 11.1. The van der Waals surface area contributed by atoms with Crippen molar-refractivity contribution in [1.82, 2.24) is 14.5 Å². The summed E-state index contributed by atoms with van der Waals surface area (Å²) in [6, 6.07) is 9.74. The fourth-order valence-corrected chi connectivity index (χ4v) is 2.34. The van der Waals surface area contributed by atoms with Gasteiger partial charge in [-0.25, -0.2) is 14.4 Å². The first-order valence-electron chi connectivity index (χ1n) is 6.29. The maximum absolute atomic E-state index is 14.3. The summed E-state index contributed by atoms with van der Waals surface area (Å²) in [4.78, 5) is 8.66. The quantitative estimate of drug-likeness (QED) is 0.678. The lowest BCUT2D eigenvalue weighted by Crippen LogP contribution is -2.05. The van der Waals surface area contributed by atoms with Crippen molar-refractivity contribution in [3.8, 4) is 11.8 Å². The Bertz CT molecular complexity index is 864. The number of hydrogen-bond donors (Lipinski definition) is 0. The first kappa shape index (κ1) is 13.5. The summed E-state index contributed by atoms with van der Waals surface area (Å²) in [6.45, 7) is 1.76. The largest absolute Gasteiger partial charge is 0.276 e. The van der Waals surface area contributed by atoms with Crippen LogP contribution in [-0.2, 0) is 0 Å². The van der Waals surface area contributed by atoms with Gasteiger partial charge in [0.1, 0.15) is 17.2 Å². The molecule has 0 aliphatic carbocycles. The Morgan fingerprint density at radius 2 is 2.19 bits per heavy atom. The number of nitrogens with zero attached hydrogens (tertiary/aromatic N) is 4. The molecule has 4 nitrogen and oxygen atoms in total. The van der Waals surface area contributed by atoms with Crippen molar-refractivity contribution in [3.63, 3.8) is 0 Å². The average Bonchev–Trinajstić information content (AvgIpc) is 2.86. The normalized spacial score (nSPS) is 12.3. The van der Waals surface area contributed by atoms with E-state index in [0.717, 1.165) is 0 Å². The SMILES string of the molecule is CC(Cl)c1nc2cccnc2n1-c1ccc(C#N)cc1F. The second-order valence-electron chi connectivity index (χ2n) is 4.55. The molecule has 0 spiro atoms. The highest BCUT2D eigenvalue weighted by atomic mass is 35.5. The number of alkyl halides is 1. The van der Waals surface area contributed by atoms with E-state index in [4.69, 9.17) is 16.9 Å². The molecule has 2 aromatic heterocycles. The summed E-state index contributed by atoms with van der Waals surface area (Å²) in [5.41, 5.74) is 1.71. The fraction of sp³-hybridized carbons (Fsp3) is 0.133. The van der Waals surface area contributed by atoms with E-state index in [9.17, 15) is 4.39 Å². The molecule has 104 valence electrons. The first-order chi connectivity index (χ1) is 10.1. The van der Waals surface area contributed by atoms with E-state index >= 15 is 0 Å². The molecule has 0 aliphatic heterocycles. The van der Waals surface area contributed by atoms with E-state index in [1.807, 2.05) is 6.07 Å². The highest BCUT2D eigenvalue weighted by molar-refractivity contribution is 6.20. The Balaban J connectivity index is 2.33. The van der Waals surface area contributed by atoms with E-state index < -0.39 is 11.2 Å². The van der Waals surface area contributed by atoms with Crippen molar-refractivity contribution in [2.24, 2.45) is 0 Å². The van der Waals surface area contributed by atoms with Gasteiger partial charge in [-0.15, -0.1) is 11.6 Å². The maximum atomic E-state index is 14.3. The Labute approximate surface area is 125 Å². The summed E-state index contributed by atoms with van der Waals surface area (Å²) in [6.07, 6.45) is 1.62. The first-order valence-corrected chi connectivity index (χ1v) is 6.73. The highest BCUT2D eigenvalue weighted by Crippen LogP contribution is 2.28. The molecule has 21 heavy (non-hydrogen) atoms. The van der Waals surface area contributed by atoms with Gasteiger partial charge in [-0.1, -0.05) is 0 Å². The van der Waals surface area contributed by atoms with Crippen LogP contribution in [-0.4, -0.2) is 14.5 Å². The molecule has 0 radical (unpaired) electrons. The van der Waals surface area contributed by atoms with Gasteiger partial charge >= 0.3 is 0 Å². The predicted molar refractivity (Wildman–Crippen MR) is 77.8 cm³/mol. The molecule has 0 fully saturated rings. The number of benzene rings is 1. The number of hydrogen-bond acceptors (Lipinski definition) is 3. The van der Waals surface area contributed by atoms with Gasteiger partial charge in [0.2, 0.25) is 0 Å². The van der Waals surface area contributed by atoms with Crippen LogP contribution in [0, 0.1) is 17.1 Å². The minimum Gasteiger partial charge on any atom is -0.276 e. The molecule has 1 unspecified atom stereocenters. The lowest BCUT2D eigenvalue weighted by molar-refractivity contribution is 0.615. The van der Waals surface area contributed by atoms with Gasteiger partial charge in [-0.05, 0) is 37.3 Å². The van der Waals surface area contributed by atoms with Gasteiger partial charge in [0.15, 0.2) is 5.65 Å². The molecule has 0 aliphatic rings. The van der Waals surface area contributed by atoms with Crippen LogP contribution in [0.15, 0.2) is 36.5 Å². The van der Waals surface area contributed by atoms with E-state index in [2.05, 4.69) is 9.97 Å². The van der Waals surface area contributed by atoms with Gasteiger partial charge in [0.25, 0.3) is 0 Å². The molecule has 1 atom stereocenters. The molecule has 0 bridgehead atoms. The third kappa shape index (κ3) is 2.24. The lowest BCUT2D eigenvalue weighted by Gasteiger charge is -2.11. The average molecular weight is 301 g/mol. The van der Waals surface area contributed by atoms with Crippen molar-refractivity contribution >= 4 is 22.8 Å². The van der Waals surface area contributed by atoms with Crippen molar-refractivity contribution < 1.29 is 4.39 Å². The minimum absolute atomic E-state index is 0.258. The topological polar surface area (TPSA) is 54.5 Å². The molecule has 6 heteroatoms. The van der Waals surface area contributed by atoms with Crippen LogP contribution in [0.25, 0.3) is 16.9 Å². The number of aromatic nitrogens is 3. The van der Waals surface area contributed by atoms with Crippen LogP contribution < -0.4 is 0 Å². The second-order valence-corrected chi connectivity index (χ2v) is 5.20. The van der Waals surface area contributed by atoms with Gasteiger partial charge in [-0.3, -0.25) is 4.57 Å². The summed E-state index contributed by atoms with van der Waals surface area (Å²) >= 11 is 6.15. The molecule has 1 aromatic carbocycles. The Morgan fingerprint density at radius 1 is 1.38 bits per heavy atom. The molecule has 0 saturated carbocycles. The number of pyridine rings is 1. The van der Waals surface area contributed by atoms with Crippen molar-refractivity contribution in [1.29, 1.82) is 5.26 Å². The van der Waals surface area contributed by atoms with E-state index in [1.54, 1.807) is 35.9 Å². The van der Waals surface area contributed by atoms with Gasteiger partial charge in [0.05, 0.1) is 22.7 Å². The maximum Gasteiger partial charge on any atom is 0.164 e. The highest BCUT2D eigenvalue weighted by Gasteiger charge is 2.19. The molecule has 3 aromatic rings. The lowest BCUT2D eigenvalue weighted by atomic mass is 10.2. The zero-order chi connectivity index (χ0) is 15.0. The van der Waals surface area contributed by atoms with Crippen LogP contribution in [0.1, 0.15) is 23.7 Å². The summed E-state index contributed by atoms with van der Waals surface area (Å²) in [5, 5.41) is 8.42. The summed E-state index contributed by atoms with van der Waals surface area (Å²) < 4.78 is 15.9. The van der Waals surface area contributed by atoms with Crippen LogP contribution in [0.2, 0.25) is 0 Å².